The molecule has 0 bridgehead atoms. The first kappa shape index (κ1) is 23.8. The van der Waals surface area contributed by atoms with Crippen LogP contribution in [0.2, 0.25) is 0 Å². The van der Waals surface area contributed by atoms with Crippen molar-refractivity contribution >= 4 is 11.7 Å². The number of furan rings is 1. The van der Waals surface area contributed by atoms with Gasteiger partial charge in [-0.05, 0) is 43.7 Å². The maximum atomic E-state index is 13.3. The van der Waals surface area contributed by atoms with E-state index in [1.54, 1.807) is 24.3 Å². The molecule has 1 atom stereocenters. The lowest BCUT2D eigenvalue weighted by Gasteiger charge is -2.31. The molecule has 0 radical (unpaired) electrons. The Morgan fingerprint density at radius 2 is 1.82 bits per heavy atom. The summed E-state index contributed by atoms with van der Waals surface area (Å²) in [7, 11) is 0. The number of carbonyl (C=O) groups is 2. The number of aliphatic hydroxyl groups excluding tert-OH is 1. The summed E-state index contributed by atoms with van der Waals surface area (Å²) < 4.78 is 22.1. The van der Waals surface area contributed by atoms with Gasteiger partial charge in [0.25, 0.3) is 5.91 Å². The van der Waals surface area contributed by atoms with Crippen LogP contribution < -0.4 is 9.47 Å². The zero-order chi connectivity index (χ0) is 24.1. The lowest BCUT2D eigenvalue weighted by molar-refractivity contribution is -0.129. The van der Waals surface area contributed by atoms with Crippen LogP contribution in [-0.4, -0.2) is 79.2 Å². The van der Waals surface area contributed by atoms with Gasteiger partial charge in [0.2, 0.25) is 5.78 Å². The molecule has 182 valence electrons. The third kappa shape index (κ3) is 4.80. The zero-order valence-electron chi connectivity index (χ0n) is 19.5. The van der Waals surface area contributed by atoms with Crippen LogP contribution in [-0.2, 0) is 9.53 Å². The summed E-state index contributed by atoms with van der Waals surface area (Å²) in [5.74, 6) is -0.518. The van der Waals surface area contributed by atoms with Gasteiger partial charge in [-0.25, -0.2) is 0 Å². The molecule has 1 amide bonds. The molecular formula is C25H30N2O7. The lowest BCUT2D eigenvalue weighted by Crippen LogP contribution is -2.43. The minimum Gasteiger partial charge on any atom is -0.503 e. The van der Waals surface area contributed by atoms with Gasteiger partial charge >= 0.3 is 0 Å². The van der Waals surface area contributed by atoms with Crippen molar-refractivity contribution in [3.05, 3.63) is 59.3 Å². The molecule has 0 spiro atoms. The maximum absolute atomic E-state index is 13.3. The number of hydrogen-bond donors (Lipinski definition) is 1. The highest BCUT2D eigenvalue weighted by Crippen LogP contribution is 2.41. The second-order valence-corrected chi connectivity index (χ2v) is 8.00. The Hall–Kier alpha value is -3.30. The molecule has 3 heterocycles. The average Bonchev–Trinajstić information content (AvgIpc) is 3.47. The molecule has 9 heteroatoms. The molecule has 0 aliphatic carbocycles. The minimum atomic E-state index is -0.791. The summed E-state index contributed by atoms with van der Waals surface area (Å²) in [6.45, 7) is 8.38. The fourth-order valence-electron chi connectivity index (χ4n) is 4.31. The van der Waals surface area contributed by atoms with Crippen LogP contribution >= 0.6 is 0 Å². The first-order valence-electron chi connectivity index (χ1n) is 11.6. The van der Waals surface area contributed by atoms with Gasteiger partial charge < -0.3 is 28.6 Å². The van der Waals surface area contributed by atoms with E-state index in [0.29, 0.717) is 56.6 Å². The van der Waals surface area contributed by atoms with E-state index in [1.807, 2.05) is 13.8 Å². The minimum absolute atomic E-state index is 0.00599. The van der Waals surface area contributed by atoms with Gasteiger partial charge in [-0.15, -0.1) is 0 Å². The zero-order valence-corrected chi connectivity index (χ0v) is 19.5. The van der Waals surface area contributed by atoms with E-state index in [2.05, 4.69) is 4.90 Å². The molecule has 1 fully saturated rings. The Morgan fingerprint density at radius 1 is 1.09 bits per heavy atom. The van der Waals surface area contributed by atoms with E-state index in [9.17, 15) is 14.7 Å². The summed E-state index contributed by atoms with van der Waals surface area (Å²) in [6, 6.07) is 7.64. The number of hydrogen-bond acceptors (Lipinski definition) is 8. The normalized spacial score (nSPS) is 19.1. The Morgan fingerprint density at radius 3 is 2.50 bits per heavy atom. The molecule has 4 rings (SSSR count). The van der Waals surface area contributed by atoms with Crippen LogP contribution in [0.15, 0.2) is 52.3 Å². The lowest BCUT2D eigenvalue weighted by atomic mass is 9.94. The van der Waals surface area contributed by atoms with Crippen molar-refractivity contribution in [2.24, 2.45) is 0 Å². The average molecular weight is 471 g/mol. The summed E-state index contributed by atoms with van der Waals surface area (Å²) in [4.78, 5) is 30.2. The number of Topliss-reactive ketones (excluding diaryl/α,β-unsaturated/α-hetero) is 1. The van der Waals surface area contributed by atoms with E-state index in [4.69, 9.17) is 18.6 Å². The van der Waals surface area contributed by atoms with Crippen molar-refractivity contribution in [3.63, 3.8) is 0 Å². The standard InChI is InChI=1S/C25H30N2O7/c1-3-32-18-8-7-17(16-20(18)33-4-2)22-21(23(28)19-6-5-13-34-19)24(29)25(30)27(22)10-9-26-11-14-31-15-12-26/h5-8,13,16,22,29H,3-4,9-12,14-15H2,1-2H3/t22-/m0/s1. The number of aliphatic hydroxyl groups is 1. The van der Waals surface area contributed by atoms with Gasteiger partial charge in [0.05, 0.1) is 44.3 Å². The third-order valence-corrected chi connectivity index (χ3v) is 5.94. The van der Waals surface area contributed by atoms with Crippen LogP contribution in [0, 0.1) is 0 Å². The highest BCUT2D eigenvalue weighted by molar-refractivity contribution is 6.15. The van der Waals surface area contributed by atoms with Gasteiger partial charge in [-0.2, -0.15) is 0 Å². The molecule has 2 aliphatic rings. The molecule has 1 saturated heterocycles. The van der Waals surface area contributed by atoms with Crippen LogP contribution in [0.5, 0.6) is 11.5 Å². The number of nitrogens with zero attached hydrogens (tertiary/aromatic N) is 2. The van der Waals surface area contributed by atoms with Crippen LogP contribution in [0.4, 0.5) is 0 Å². The Balaban J connectivity index is 1.71. The number of ketones is 1. The monoisotopic (exact) mass is 470 g/mol. The Kier molecular flexibility index (Phi) is 7.54. The molecule has 2 aromatic rings. The molecule has 9 nitrogen and oxygen atoms in total. The first-order valence-corrected chi connectivity index (χ1v) is 11.6. The fraction of sp³-hybridized carbons (Fsp3) is 0.440. The topological polar surface area (TPSA) is 102 Å². The van der Waals surface area contributed by atoms with Crippen molar-refractivity contribution in [1.29, 1.82) is 0 Å². The third-order valence-electron chi connectivity index (χ3n) is 5.94. The number of morpholine rings is 1. The maximum Gasteiger partial charge on any atom is 0.290 e. The van der Waals surface area contributed by atoms with Gasteiger partial charge in [-0.3, -0.25) is 14.5 Å². The molecular weight excluding hydrogens is 440 g/mol. The highest BCUT2D eigenvalue weighted by Gasteiger charge is 2.44. The molecule has 2 aliphatic heterocycles. The van der Waals surface area contributed by atoms with E-state index in [0.717, 1.165) is 13.1 Å². The van der Waals surface area contributed by atoms with Crippen molar-refractivity contribution in [2.75, 3.05) is 52.6 Å². The van der Waals surface area contributed by atoms with Crippen molar-refractivity contribution < 1.29 is 33.3 Å². The number of ether oxygens (including phenoxy) is 3. The molecule has 0 saturated carbocycles. The molecule has 1 aromatic carbocycles. The number of rotatable bonds is 10. The molecule has 1 aromatic heterocycles. The van der Waals surface area contributed by atoms with E-state index < -0.39 is 23.5 Å². The van der Waals surface area contributed by atoms with Crippen LogP contribution in [0.25, 0.3) is 0 Å². The van der Waals surface area contributed by atoms with Crippen molar-refractivity contribution in [2.45, 2.75) is 19.9 Å². The van der Waals surface area contributed by atoms with Gasteiger partial charge in [0, 0.05) is 26.2 Å². The Bertz CT molecular complexity index is 1040. The van der Waals surface area contributed by atoms with Crippen LogP contribution in [0.1, 0.15) is 36.0 Å². The number of carbonyl (C=O) groups excluding carboxylic acids is 2. The predicted molar refractivity (Wildman–Crippen MR) is 123 cm³/mol. The number of benzene rings is 1. The predicted octanol–water partition coefficient (Wildman–Crippen LogP) is 2.99. The molecule has 0 unspecified atom stereocenters. The van der Waals surface area contributed by atoms with Gasteiger partial charge in [0.15, 0.2) is 23.0 Å². The summed E-state index contributed by atoms with van der Waals surface area (Å²) in [5.41, 5.74) is 0.634. The SMILES string of the molecule is CCOc1ccc([C@H]2C(C(=O)c3ccco3)=C(O)C(=O)N2CCN2CCOCC2)cc1OCC. The van der Waals surface area contributed by atoms with E-state index in [-0.39, 0.29) is 11.3 Å². The number of amides is 1. The van der Waals surface area contributed by atoms with Gasteiger partial charge in [0.1, 0.15) is 0 Å². The van der Waals surface area contributed by atoms with E-state index >= 15 is 0 Å². The summed E-state index contributed by atoms with van der Waals surface area (Å²) >= 11 is 0. The Labute approximate surface area is 198 Å². The molecule has 34 heavy (non-hydrogen) atoms. The molecule has 1 N–H and O–H groups in total. The van der Waals surface area contributed by atoms with Crippen LogP contribution in [0.3, 0.4) is 0 Å². The van der Waals surface area contributed by atoms with Gasteiger partial charge in [-0.1, -0.05) is 6.07 Å². The van der Waals surface area contributed by atoms with E-state index in [1.165, 1.54) is 17.2 Å². The fourth-order valence-corrected chi connectivity index (χ4v) is 4.31. The first-order chi connectivity index (χ1) is 16.5. The largest absolute Gasteiger partial charge is 0.503 e. The van der Waals surface area contributed by atoms with Crippen molar-refractivity contribution in [3.8, 4) is 11.5 Å². The summed E-state index contributed by atoms with van der Waals surface area (Å²) in [5, 5.41) is 10.8. The van der Waals surface area contributed by atoms with Crippen molar-refractivity contribution in [1.82, 2.24) is 9.80 Å². The smallest absolute Gasteiger partial charge is 0.290 e. The second-order valence-electron chi connectivity index (χ2n) is 8.00. The quantitative estimate of drug-likeness (QED) is 0.529. The highest BCUT2D eigenvalue weighted by atomic mass is 16.5. The summed E-state index contributed by atoms with van der Waals surface area (Å²) in [6.07, 6.45) is 1.39. The second kappa shape index (κ2) is 10.8.